The molecule has 1 atom stereocenters. The van der Waals surface area contributed by atoms with E-state index in [1.165, 1.54) is 5.39 Å². The van der Waals surface area contributed by atoms with Crippen molar-refractivity contribution in [3.05, 3.63) is 60.2 Å². The molecule has 0 fully saturated rings. The average Bonchev–Trinajstić information content (AvgIpc) is 2.95. The largest absolute Gasteiger partial charge is 0.497 e. The van der Waals surface area contributed by atoms with Crippen molar-refractivity contribution in [2.45, 2.75) is 11.1 Å². The lowest BCUT2D eigenvalue weighted by Gasteiger charge is -2.11. The van der Waals surface area contributed by atoms with Crippen LogP contribution in [0.3, 0.4) is 0 Å². The molecule has 108 valence electrons. The Hall–Kier alpha value is -1.91. The second kappa shape index (κ2) is 6.24. The number of rotatable bonds is 5. The fourth-order valence-corrected chi connectivity index (χ4v) is 3.16. The fraction of sp³-hybridized carbons (Fsp3) is 0.176. The molecule has 0 amide bonds. The minimum absolute atomic E-state index is 0.517. The van der Waals surface area contributed by atoms with Gasteiger partial charge in [0.05, 0.1) is 18.2 Å². The second-order valence-electron chi connectivity index (χ2n) is 4.82. The molecule has 1 heterocycles. The minimum atomic E-state index is -0.517. The van der Waals surface area contributed by atoms with E-state index in [2.05, 4.69) is 23.2 Å². The van der Waals surface area contributed by atoms with Crippen molar-refractivity contribution < 1.29 is 9.84 Å². The number of aromatic nitrogens is 1. The summed E-state index contributed by atoms with van der Waals surface area (Å²) in [7, 11) is 1.63. The molecule has 4 heteroatoms. The third kappa shape index (κ3) is 3.23. The van der Waals surface area contributed by atoms with Crippen molar-refractivity contribution in [3.8, 4) is 5.75 Å². The molecule has 0 aliphatic rings. The summed E-state index contributed by atoms with van der Waals surface area (Å²) in [6.07, 6.45) is -0.517. The van der Waals surface area contributed by atoms with Crippen LogP contribution >= 0.6 is 11.8 Å². The number of aliphatic hydroxyl groups is 1. The number of nitrogens with one attached hydrogen (secondary N) is 1. The maximum Gasteiger partial charge on any atom is 0.119 e. The highest BCUT2D eigenvalue weighted by atomic mass is 32.2. The van der Waals surface area contributed by atoms with Gasteiger partial charge in [-0.1, -0.05) is 30.3 Å². The summed E-state index contributed by atoms with van der Waals surface area (Å²) in [5, 5.41) is 12.5. The highest BCUT2D eigenvalue weighted by Gasteiger charge is 2.10. The summed E-state index contributed by atoms with van der Waals surface area (Å²) in [6, 6.07) is 17.8. The van der Waals surface area contributed by atoms with E-state index in [1.807, 2.05) is 36.4 Å². The second-order valence-corrected chi connectivity index (χ2v) is 5.89. The number of ether oxygens (including phenoxy) is 1. The molecule has 0 saturated carbocycles. The molecule has 3 nitrogen and oxygen atoms in total. The molecule has 21 heavy (non-hydrogen) atoms. The molecule has 0 aliphatic heterocycles. The van der Waals surface area contributed by atoms with E-state index in [0.29, 0.717) is 5.75 Å². The van der Waals surface area contributed by atoms with Crippen LogP contribution in [0, 0.1) is 0 Å². The Morgan fingerprint density at radius 3 is 2.81 bits per heavy atom. The number of hydrogen-bond acceptors (Lipinski definition) is 3. The summed E-state index contributed by atoms with van der Waals surface area (Å²) >= 11 is 1.62. The van der Waals surface area contributed by atoms with Crippen molar-refractivity contribution in [3.63, 3.8) is 0 Å². The first-order valence-electron chi connectivity index (χ1n) is 6.79. The van der Waals surface area contributed by atoms with Crippen LogP contribution in [0.25, 0.3) is 10.9 Å². The van der Waals surface area contributed by atoms with Crippen LogP contribution in [0.15, 0.2) is 59.6 Å². The fourth-order valence-electron chi connectivity index (χ4n) is 2.24. The molecule has 3 aromatic rings. The zero-order valence-corrected chi connectivity index (χ0v) is 12.6. The Kier molecular flexibility index (Phi) is 4.18. The van der Waals surface area contributed by atoms with Gasteiger partial charge in [-0.25, -0.2) is 0 Å². The normalized spacial score (nSPS) is 12.5. The predicted octanol–water partition coefficient (Wildman–Crippen LogP) is 4.00. The number of thioether (sulfide) groups is 1. The zero-order chi connectivity index (χ0) is 14.7. The van der Waals surface area contributed by atoms with Gasteiger partial charge in [0.25, 0.3) is 0 Å². The quantitative estimate of drug-likeness (QED) is 0.700. The monoisotopic (exact) mass is 299 g/mol. The number of fused-ring (bicyclic) bond motifs is 1. The lowest BCUT2D eigenvalue weighted by atomic mass is 10.1. The van der Waals surface area contributed by atoms with Gasteiger partial charge in [-0.15, -0.1) is 11.8 Å². The molecule has 1 unspecified atom stereocenters. The third-order valence-corrected chi connectivity index (χ3v) is 4.39. The number of para-hydroxylation sites is 1. The minimum Gasteiger partial charge on any atom is -0.497 e. The van der Waals surface area contributed by atoms with Crippen molar-refractivity contribution >= 4 is 22.7 Å². The lowest BCUT2D eigenvalue weighted by Crippen LogP contribution is -2.00. The van der Waals surface area contributed by atoms with Crippen molar-refractivity contribution in [1.29, 1.82) is 0 Å². The third-order valence-electron chi connectivity index (χ3n) is 3.38. The molecule has 0 bridgehead atoms. The van der Waals surface area contributed by atoms with Crippen LogP contribution in [-0.2, 0) is 0 Å². The van der Waals surface area contributed by atoms with Crippen LogP contribution in [0.1, 0.15) is 11.7 Å². The molecule has 1 aromatic heterocycles. The van der Waals surface area contributed by atoms with Gasteiger partial charge >= 0.3 is 0 Å². The van der Waals surface area contributed by atoms with E-state index >= 15 is 0 Å². The van der Waals surface area contributed by atoms with Crippen molar-refractivity contribution in [2.24, 2.45) is 0 Å². The summed E-state index contributed by atoms with van der Waals surface area (Å²) in [6.45, 7) is 0. The summed E-state index contributed by atoms with van der Waals surface area (Å²) in [5.41, 5.74) is 1.99. The number of H-pyrrole nitrogens is 1. The molecule has 2 aromatic carbocycles. The van der Waals surface area contributed by atoms with Gasteiger partial charge in [0, 0.05) is 16.7 Å². The Bertz CT molecular complexity index is 705. The number of aromatic amines is 1. The average molecular weight is 299 g/mol. The van der Waals surface area contributed by atoms with E-state index in [1.54, 1.807) is 18.9 Å². The van der Waals surface area contributed by atoms with Crippen LogP contribution in [0.4, 0.5) is 0 Å². The van der Waals surface area contributed by atoms with Gasteiger partial charge in [0.15, 0.2) is 0 Å². The van der Waals surface area contributed by atoms with Crippen molar-refractivity contribution in [1.82, 2.24) is 4.98 Å². The summed E-state index contributed by atoms with van der Waals surface area (Å²) < 4.78 is 5.18. The standard InChI is InChI=1S/C17H17NO2S/c1-20-14-7-4-6-13(9-14)16(19)11-21-17-10-12-5-2-3-8-15(12)18-17/h2-10,16,18-19H,11H2,1H3. The van der Waals surface area contributed by atoms with Crippen molar-refractivity contribution in [2.75, 3.05) is 12.9 Å². The van der Waals surface area contributed by atoms with E-state index < -0.39 is 6.10 Å². The molecular weight excluding hydrogens is 282 g/mol. The number of hydrogen-bond donors (Lipinski definition) is 2. The summed E-state index contributed by atoms with van der Waals surface area (Å²) in [4.78, 5) is 3.35. The first-order valence-corrected chi connectivity index (χ1v) is 7.77. The topological polar surface area (TPSA) is 45.2 Å². The molecule has 0 radical (unpaired) electrons. The maximum absolute atomic E-state index is 10.3. The van der Waals surface area contributed by atoms with Crippen LogP contribution in [-0.4, -0.2) is 23.0 Å². The number of aliphatic hydroxyl groups excluding tert-OH is 1. The highest BCUT2D eigenvalue weighted by Crippen LogP contribution is 2.28. The summed E-state index contributed by atoms with van der Waals surface area (Å²) in [5.74, 6) is 1.36. The van der Waals surface area contributed by atoms with Gasteiger partial charge in [-0.05, 0) is 29.8 Å². The molecule has 0 spiro atoms. The van der Waals surface area contributed by atoms with Gasteiger partial charge in [-0.2, -0.15) is 0 Å². The van der Waals surface area contributed by atoms with Gasteiger partial charge in [0.2, 0.25) is 0 Å². The SMILES string of the molecule is COc1cccc(C(O)CSc2cc3ccccc3[nH]2)c1. The first kappa shape index (κ1) is 14.0. The molecule has 3 rings (SSSR count). The van der Waals surface area contributed by atoms with Gasteiger partial charge < -0.3 is 14.8 Å². The highest BCUT2D eigenvalue weighted by molar-refractivity contribution is 7.99. The zero-order valence-electron chi connectivity index (χ0n) is 11.7. The molecule has 0 aliphatic carbocycles. The smallest absolute Gasteiger partial charge is 0.119 e. The maximum atomic E-state index is 10.3. The van der Waals surface area contributed by atoms with Gasteiger partial charge in [-0.3, -0.25) is 0 Å². The number of methoxy groups -OCH3 is 1. The van der Waals surface area contributed by atoms with E-state index in [-0.39, 0.29) is 0 Å². The van der Waals surface area contributed by atoms with E-state index in [9.17, 15) is 5.11 Å². The number of benzene rings is 2. The van der Waals surface area contributed by atoms with Gasteiger partial charge in [0.1, 0.15) is 5.75 Å². The first-order chi connectivity index (χ1) is 10.3. The van der Waals surface area contributed by atoms with E-state index in [0.717, 1.165) is 21.9 Å². The Morgan fingerprint density at radius 1 is 1.14 bits per heavy atom. The molecule has 0 saturated heterocycles. The molecule has 2 N–H and O–H groups in total. The Morgan fingerprint density at radius 2 is 2.00 bits per heavy atom. The Labute approximate surface area is 128 Å². The molecular formula is C17H17NO2S. The van der Waals surface area contributed by atoms with Crippen LogP contribution in [0.5, 0.6) is 5.75 Å². The van der Waals surface area contributed by atoms with Crippen LogP contribution in [0.2, 0.25) is 0 Å². The van der Waals surface area contributed by atoms with E-state index in [4.69, 9.17) is 4.74 Å². The van der Waals surface area contributed by atoms with Crippen LogP contribution < -0.4 is 4.74 Å². The predicted molar refractivity (Wildman–Crippen MR) is 87.0 cm³/mol. The lowest BCUT2D eigenvalue weighted by molar-refractivity contribution is 0.203. The Balaban J connectivity index is 1.68.